The predicted molar refractivity (Wildman–Crippen MR) is 87.8 cm³/mol. The first-order valence-electron chi connectivity index (χ1n) is 7.80. The third-order valence-corrected chi connectivity index (χ3v) is 3.83. The quantitative estimate of drug-likeness (QED) is 0.708. The Balaban J connectivity index is 1.89. The Morgan fingerprint density at radius 1 is 1.24 bits per heavy atom. The average Bonchev–Trinajstić information content (AvgIpc) is 3.25. The standard InChI is InChI=1S/C18H17F2N3O2/c1-3-23-17(18(24)22(2)11-13-5-4-8-25-13)10-16(21-23)12-6-7-14(19)15(20)9-12/h4-10H,3,11H2,1-2H3. The van der Waals surface area contributed by atoms with Crippen LogP contribution in [0.5, 0.6) is 0 Å². The van der Waals surface area contributed by atoms with E-state index < -0.39 is 11.6 Å². The lowest BCUT2D eigenvalue weighted by Gasteiger charge is -2.16. The maximum absolute atomic E-state index is 13.5. The largest absolute Gasteiger partial charge is 0.467 e. The molecule has 7 heteroatoms. The van der Waals surface area contributed by atoms with E-state index in [9.17, 15) is 13.6 Å². The normalized spacial score (nSPS) is 10.9. The van der Waals surface area contributed by atoms with Crippen LogP contribution in [0.4, 0.5) is 8.78 Å². The van der Waals surface area contributed by atoms with Gasteiger partial charge in [-0.25, -0.2) is 8.78 Å². The van der Waals surface area contributed by atoms with Crippen LogP contribution in [0.1, 0.15) is 23.2 Å². The fourth-order valence-corrected chi connectivity index (χ4v) is 2.53. The molecule has 0 aliphatic rings. The number of furan rings is 1. The Morgan fingerprint density at radius 3 is 2.68 bits per heavy atom. The second-order valence-electron chi connectivity index (χ2n) is 5.60. The summed E-state index contributed by atoms with van der Waals surface area (Å²) >= 11 is 0. The van der Waals surface area contributed by atoms with Crippen molar-refractivity contribution >= 4 is 5.91 Å². The van der Waals surface area contributed by atoms with Gasteiger partial charge >= 0.3 is 0 Å². The van der Waals surface area contributed by atoms with Crippen molar-refractivity contribution in [3.8, 4) is 11.3 Å². The summed E-state index contributed by atoms with van der Waals surface area (Å²) in [6.07, 6.45) is 1.55. The smallest absolute Gasteiger partial charge is 0.272 e. The van der Waals surface area contributed by atoms with Gasteiger partial charge in [0.05, 0.1) is 18.5 Å². The van der Waals surface area contributed by atoms with Crippen LogP contribution in [0.2, 0.25) is 0 Å². The Bertz CT molecular complexity index is 888. The molecule has 0 fully saturated rings. The highest BCUT2D eigenvalue weighted by Crippen LogP contribution is 2.22. The van der Waals surface area contributed by atoms with Gasteiger partial charge in [-0.2, -0.15) is 5.10 Å². The van der Waals surface area contributed by atoms with Gasteiger partial charge in [-0.05, 0) is 43.3 Å². The first kappa shape index (κ1) is 16.9. The highest BCUT2D eigenvalue weighted by molar-refractivity contribution is 5.93. The van der Waals surface area contributed by atoms with Crippen molar-refractivity contribution in [3.05, 3.63) is 65.7 Å². The van der Waals surface area contributed by atoms with Crippen LogP contribution in [0.15, 0.2) is 47.1 Å². The molecule has 0 atom stereocenters. The number of hydrogen-bond donors (Lipinski definition) is 0. The van der Waals surface area contributed by atoms with E-state index in [1.54, 1.807) is 31.5 Å². The van der Waals surface area contributed by atoms with Crippen molar-refractivity contribution in [1.29, 1.82) is 0 Å². The van der Waals surface area contributed by atoms with Crippen molar-refractivity contribution in [2.75, 3.05) is 7.05 Å². The van der Waals surface area contributed by atoms with Gasteiger partial charge in [0.1, 0.15) is 11.5 Å². The molecule has 130 valence electrons. The molecule has 0 aliphatic heterocycles. The van der Waals surface area contributed by atoms with Gasteiger partial charge in [-0.15, -0.1) is 0 Å². The SMILES string of the molecule is CCn1nc(-c2ccc(F)c(F)c2)cc1C(=O)N(C)Cc1ccco1. The van der Waals surface area contributed by atoms with Crippen molar-refractivity contribution in [2.24, 2.45) is 0 Å². The summed E-state index contributed by atoms with van der Waals surface area (Å²) in [6, 6.07) is 8.66. The molecule has 0 saturated heterocycles. The van der Waals surface area contributed by atoms with Crippen LogP contribution in [0.3, 0.4) is 0 Å². The summed E-state index contributed by atoms with van der Waals surface area (Å²) in [7, 11) is 1.66. The average molecular weight is 345 g/mol. The van der Waals surface area contributed by atoms with E-state index in [0.717, 1.165) is 12.1 Å². The molecule has 0 spiro atoms. The third kappa shape index (κ3) is 3.45. The Labute approximate surface area is 143 Å². The number of rotatable bonds is 5. The summed E-state index contributed by atoms with van der Waals surface area (Å²) in [5, 5.41) is 4.33. The lowest BCUT2D eigenvalue weighted by molar-refractivity contribution is 0.0763. The van der Waals surface area contributed by atoms with E-state index in [-0.39, 0.29) is 5.91 Å². The topological polar surface area (TPSA) is 51.3 Å². The molecule has 2 heterocycles. The van der Waals surface area contributed by atoms with Crippen LogP contribution in [0.25, 0.3) is 11.3 Å². The van der Waals surface area contributed by atoms with Crippen molar-refractivity contribution in [1.82, 2.24) is 14.7 Å². The molecule has 3 rings (SSSR count). The van der Waals surface area contributed by atoms with Gasteiger partial charge in [-0.3, -0.25) is 9.48 Å². The van der Waals surface area contributed by atoms with Gasteiger partial charge in [-0.1, -0.05) is 0 Å². The minimum absolute atomic E-state index is 0.236. The molecule has 0 radical (unpaired) electrons. The zero-order valence-corrected chi connectivity index (χ0v) is 13.9. The fraction of sp³-hybridized carbons (Fsp3) is 0.222. The van der Waals surface area contributed by atoms with E-state index in [2.05, 4.69) is 5.10 Å². The number of halogens is 2. The highest BCUT2D eigenvalue weighted by atomic mass is 19.2. The number of benzene rings is 1. The van der Waals surface area contributed by atoms with Gasteiger partial charge in [0, 0.05) is 19.2 Å². The molecule has 0 saturated carbocycles. The third-order valence-electron chi connectivity index (χ3n) is 3.83. The van der Waals surface area contributed by atoms with Crippen molar-refractivity contribution in [3.63, 3.8) is 0 Å². The van der Waals surface area contributed by atoms with Crippen LogP contribution in [0, 0.1) is 11.6 Å². The lowest BCUT2D eigenvalue weighted by Crippen LogP contribution is -2.28. The van der Waals surface area contributed by atoms with Gasteiger partial charge in [0.25, 0.3) is 5.91 Å². The molecule has 0 aliphatic carbocycles. The Kier molecular flexibility index (Phi) is 4.65. The number of aryl methyl sites for hydroxylation is 1. The van der Waals surface area contributed by atoms with Crippen LogP contribution < -0.4 is 0 Å². The number of nitrogens with zero attached hydrogens (tertiary/aromatic N) is 3. The minimum atomic E-state index is -0.952. The molecule has 1 amide bonds. The molecule has 0 unspecified atom stereocenters. The summed E-state index contributed by atoms with van der Waals surface area (Å²) in [5.74, 6) is -1.45. The van der Waals surface area contributed by atoms with E-state index in [0.29, 0.717) is 35.8 Å². The molecule has 5 nitrogen and oxygen atoms in total. The fourth-order valence-electron chi connectivity index (χ4n) is 2.53. The number of carbonyl (C=O) groups excluding carboxylic acids is 1. The number of carbonyl (C=O) groups is 1. The zero-order valence-electron chi connectivity index (χ0n) is 13.9. The van der Waals surface area contributed by atoms with Crippen molar-refractivity contribution < 1.29 is 18.0 Å². The maximum atomic E-state index is 13.5. The minimum Gasteiger partial charge on any atom is -0.467 e. The van der Waals surface area contributed by atoms with E-state index in [1.807, 2.05) is 6.92 Å². The molecule has 1 aromatic carbocycles. The first-order valence-corrected chi connectivity index (χ1v) is 7.80. The van der Waals surface area contributed by atoms with Crippen LogP contribution in [-0.4, -0.2) is 27.6 Å². The first-order chi connectivity index (χ1) is 12.0. The molecule has 3 aromatic rings. The molecule has 2 aromatic heterocycles. The van der Waals surface area contributed by atoms with Crippen LogP contribution in [-0.2, 0) is 13.1 Å². The van der Waals surface area contributed by atoms with Gasteiger partial charge < -0.3 is 9.32 Å². The Morgan fingerprint density at radius 2 is 2.04 bits per heavy atom. The maximum Gasteiger partial charge on any atom is 0.272 e. The number of aromatic nitrogens is 2. The number of hydrogen-bond acceptors (Lipinski definition) is 3. The second kappa shape index (κ2) is 6.88. The molecule has 0 N–H and O–H groups in total. The van der Waals surface area contributed by atoms with Gasteiger partial charge in [0.2, 0.25) is 0 Å². The Hall–Kier alpha value is -2.96. The predicted octanol–water partition coefficient (Wildman–Crippen LogP) is 3.71. The number of amides is 1. The summed E-state index contributed by atoms with van der Waals surface area (Å²) in [4.78, 5) is 14.2. The molecule has 25 heavy (non-hydrogen) atoms. The lowest BCUT2D eigenvalue weighted by atomic mass is 10.1. The van der Waals surface area contributed by atoms with Crippen molar-refractivity contribution in [2.45, 2.75) is 20.0 Å². The molecular formula is C18H17F2N3O2. The summed E-state index contributed by atoms with van der Waals surface area (Å²) in [6.45, 7) is 2.64. The second-order valence-corrected chi connectivity index (χ2v) is 5.60. The van der Waals surface area contributed by atoms with E-state index in [4.69, 9.17) is 4.42 Å². The van der Waals surface area contributed by atoms with E-state index >= 15 is 0 Å². The van der Waals surface area contributed by atoms with Gasteiger partial charge in [0.15, 0.2) is 11.6 Å². The van der Waals surface area contributed by atoms with Crippen LogP contribution >= 0.6 is 0 Å². The zero-order chi connectivity index (χ0) is 18.0. The molecular weight excluding hydrogens is 328 g/mol. The monoisotopic (exact) mass is 345 g/mol. The summed E-state index contributed by atoms with van der Waals surface area (Å²) < 4.78 is 33.4. The molecule has 0 bridgehead atoms. The highest BCUT2D eigenvalue weighted by Gasteiger charge is 2.20. The van der Waals surface area contributed by atoms with E-state index in [1.165, 1.54) is 15.6 Å². The summed E-state index contributed by atoms with van der Waals surface area (Å²) in [5.41, 5.74) is 1.20.